The predicted molar refractivity (Wildman–Crippen MR) is 157 cm³/mol. The second kappa shape index (κ2) is 12.6. The maximum Gasteiger partial charge on any atom is 0.336 e. The summed E-state index contributed by atoms with van der Waals surface area (Å²) in [5, 5.41) is 5.76. The number of carbonyl (C=O) groups is 2. The standard InChI is InChI=1S/C31H36N2O7S/c1-8-39-28(34)25-18(3)32-19(4)31(30(35)40-9-2,26(25)20-13-11-10-12-14-20)29-33-22(17-41-29)21-15-23(36-5)27(38-7)24(16-21)37-6/h10-17,19,26,32H,8-9H2,1-7H3. The molecule has 0 saturated heterocycles. The number of hydrogen-bond donors (Lipinski definition) is 1. The summed E-state index contributed by atoms with van der Waals surface area (Å²) in [6.07, 6.45) is 0. The Morgan fingerprint density at radius 2 is 1.61 bits per heavy atom. The molecule has 1 aliphatic heterocycles. The van der Waals surface area contributed by atoms with Crippen LogP contribution in [-0.4, -0.2) is 57.5 Å². The van der Waals surface area contributed by atoms with Gasteiger partial charge in [0.2, 0.25) is 5.75 Å². The molecule has 1 N–H and O–H groups in total. The number of benzene rings is 2. The lowest BCUT2D eigenvalue weighted by Crippen LogP contribution is -2.60. The normalized spacial score (nSPS) is 20.2. The van der Waals surface area contributed by atoms with E-state index in [2.05, 4.69) is 5.32 Å². The summed E-state index contributed by atoms with van der Waals surface area (Å²) >= 11 is 1.33. The molecule has 1 aliphatic rings. The van der Waals surface area contributed by atoms with Crippen molar-refractivity contribution in [1.29, 1.82) is 0 Å². The highest BCUT2D eigenvalue weighted by Gasteiger charge is 2.60. The average molecular weight is 581 g/mol. The summed E-state index contributed by atoms with van der Waals surface area (Å²) in [7, 11) is 4.64. The molecular formula is C31H36N2O7S. The summed E-state index contributed by atoms with van der Waals surface area (Å²) < 4.78 is 27.8. The lowest BCUT2D eigenvalue weighted by atomic mass is 9.62. The zero-order valence-corrected chi connectivity index (χ0v) is 25.2. The van der Waals surface area contributed by atoms with E-state index in [-0.39, 0.29) is 13.2 Å². The molecule has 1 aromatic heterocycles. The third-order valence-corrected chi connectivity index (χ3v) is 8.32. The molecule has 2 heterocycles. The minimum Gasteiger partial charge on any atom is -0.493 e. The first-order chi connectivity index (χ1) is 19.8. The predicted octanol–water partition coefficient (Wildman–Crippen LogP) is 5.25. The van der Waals surface area contributed by atoms with Gasteiger partial charge in [-0.15, -0.1) is 11.3 Å². The second-order valence-electron chi connectivity index (χ2n) is 9.51. The van der Waals surface area contributed by atoms with Crippen LogP contribution in [0.25, 0.3) is 11.3 Å². The molecule has 4 rings (SSSR count). The van der Waals surface area contributed by atoms with E-state index in [0.29, 0.717) is 44.8 Å². The smallest absolute Gasteiger partial charge is 0.336 e. The van der Waals surface area contributed by atoms with E-state index in [1.807, 2.05) is 61.7 Å². The minimum atomic E-state index is -1.39. The highest BCUT2D eigenvalue weighted by Crippen LogP contribution is 2.52. The fraction of sp³-hybridized carbons (Fsp3) is 0.387. The fourth-order valence-corrected chi connectivity index (χ4v) is 6.67. The van der Waals surface area contributed by atoms with E-state index < -0.39 is 29.3 Å². The number of methoxy groups -OCH3 is 3. The van der Waals surface area contributed by atoms with Gasteiger partial charge in [-0.1, -0.05) is 30.3 Å². The lowest BCUT2D eigenvalue weighted by Gasteiger charge is -2.46. The van der Waals surface area contributed by atoms with Crippen LogP contribution in [0.2, 0.25) is 0 Å². The van der Waals surface area contributed by atoms with Crippen molar-refractivity contribution < 1.29 is 33.3 Å². The molecule has 9 nitrogen and oxygen atoms in total. The van der Waals surface area contributed by atoms with E-state index in [1.165, 1.54) is 11.3 Å². The van der Waals surface area contributed by atoms with E-state index >= 15 is 0 Å². The third kappa shape index (κ3) is 5.24. The minimum absolute atomic E-state index is 0.164. The lowest BCUT2D eigenvalue weighted by molar-refractivity contribution is -0.153. The number of nitrogens with zero attached hydrogens (tertiary/aromatic N) is 1. The van der Waals surface area contributed by atoms with Crippen molar-refractivity contribution in [2.24, 2.45) is 0 Å². The van der Waals surface area contributed by atoms with Crippen molar-refractivity contribution in [2.45, 2.75) is 45.1 Å². The fourth-order valence-electron chi connectivity index (χ4n) is 5.53. The van der Waals surface area contributed by atoms with Crippen LogP contribution in [-0.2, 0) is 24.5 Å². The van der Waals surface area contributed by atoms with Crippen molar-refractivity contribution >= 4 is 23.3 Å². The second-order valence-corrected chi connectivity index (χ2v) is 10.4. The van der Waals surface area contributed by atoms with Gasteiger partial charge < -0.3 is 29.0 Å². The topological polar surface area (TPSA) is 105 Å². The average Bonchev–Trinajstić information content (AvgIpc) is 3.47. The maximum absolute atomic E-state index is 14.3. The van der Waals surface area contributed by atoms with Gasteiger partial charge >= 0.3 is 11.9 Å². The van der Waals surface area contributed by atoms with Gasteiger partial charge in [-0.05, 0) is 45.4 Å². The number of thiazole rings is 1. The van der Waals surface area contributed by atoms with E-state index in [1.54, 1.807) is 35.2 Å². The Morgan fingerprint density at radius 3 is 2.17 bits per heavy atom. The van der Waals surface area contributed by atoms with Crippen molar-refractivity contribution in [1.82, 2.24) is 10.3 Å². The summed E-state index contributed by atoms with van der Waals surface area (Å²) in [6, 6.07) is 12.6. The van der Waals surface area contributed by atoms with Crippen molar-refractivity contribution in [3.05, 3.63) is 69.7 Å². The van der Waals surface area contributed by atoms with Crippen LogP contribution in [0, 0.1) is 0 Å². The molecule has 0 radical (unpaired) electrons. The molecule has 0 amide bonds. The molecule has 3 unspecified atom stereocenters. The Hall–Kier alpha value is -4.05. The molecule has 0 bridgehead atoms. The third-order valence-electron chi connectivity index (χ3n) is 7.32. The highest BCUT2D eigenvalue weighted by molar-refractivity contribution is 7.10. The zero-order chi connectivity index (χ0) is 29.7. The summed E-state index contributed by atoms with van der Waals surface area (Å²) in [4.78, 5) is 32.8. The molecule has 2 aromatic carbocycles. The Labute approximate surface area is 244 Å². The van der Waals surface area contributed by atoms with Gasteiger partial charge in [0.15, 0.2) is 16.9 Å². The number of allylic oxidation sites excluding steroid dienone is 1. The Bertz CT molecular complexity index is 1410. The Balaban J connectivity index is 2.00. The van der Waals surface area contributed by atoms with E-state index in [0.717, 1.165) is 5.56 Å². The van der Waals surface area contributed by atoms with Crippen LogP contribution < -0.4 is 19.5 Å². The summed E-state index contributed by atoms with van der Waals surface area (Å²) in [6.45, 7) is 7.63. The van der Waals surface area contributed by atoms with Gasteiger partial charge in [-0.3, -0.25) is 4.79 Å². The molecule has 41 heavy (non-hydrogen) atoms. The molecular weight excluding hydrogens is 544 g/mol. The molecule has 10 heteroatoms. The number of esters is 2. The van der Waals surface area contributed by atoms with Crippen LogP contribution in [0.15, 0.2) is 59.1 Å². The SMILES string of the molecule is CCOC(=O)C1=C(C)NC(C)C(C(=O)OCC)(c2nc(-c3cc(OC)c(OC)c(OC)c3)cs2)C1c1ccccc1. The molecule has 3 atom stereocenters. The monoisotopic (exact) mass is 580 g/mol. The summed E-state index contributed by atoms with van der Waals surface area (Å²) in [5.74, 6) is -0.269. The summed E-state index contributed by atoms with van der Waals surface area (Å²) in [5.41, 5.74) is 1.73. The quantitative estimate of drug-likeness (QED) is 0.322. The maximum atomic E-state index is 14.3. The molecule has 0 spiro atoms. The molecule has 218 valence electrons. The Kier molecular flexibility index (Phi) is 9.22. The number of hydrogen-bond acceptors (Lipinski definition) is 10. The largest absolute Gasteiger partial charge is 0.493 e. The van der Waals surface area contributed by atoms with Crippen molar-refractivity contribution in [2.75, 3.05) is 34.5 Å². The first-order valence-electron chi connectivity index (χ1n) is 13.4. The zero-order valence-electron chi connectivity index (χ0n) is 24.4. The molecule has 0 fully saturated rings. The van der Waals surface area contributed by atoms with Gasteiger partial charge in [0.05, 0.1) is 45.8 Å². The number of ether oxygens (including phenoxy) is 5. The van der Waals surface area contributed by atoms with E-state index in [9.17, 15) is 9.59 Å². The van der Waals surface area contributed by atoms with Gasteiger partial charge in [0.25, 0.3) is 0 Å². The molecule has 0 aliphatic carbocycles. The van der Waals surface area contributed by atoms with Crippen LogP contribution in [0.1, 0.15) is 44.2 Å². The van der Waals surface area contributed by atoms with Crippen LogP contribution in [0.3, 0.4) is 0 Å². The van der Waals surface area contributed by atoms with Gasteiger partial charge in [0, 0.05) is 28.6 Å². The van der Waals surface area contributed by atoms with Crippen LogP contribution in [0.5, 0.6) is 17.2 Å². The van der Waals surface area contributed by atoms with Gasteiger partial charge in [-0.2, -0.15) is 0 Å². The van der Waals surface area contributed by atoms with Crippen LogP contribution >= 0.6 is 11.3 Å². The van der Waals surface area contributed by atoms with Crippen molar-refractivity contribution in [3.8, 4) is 28.5 Å². The molecule has 3 aromatic rings. The number of carbonyl (C=O) groups excluding carboxylic acids is 2. The first-order valence-corrected chi connectivity index (χ1v) is 14.3. The molecule has 0 saturated carbocycles. The number of nitrogens with one attached hydrogen (secondary N) is 1. The first kappa shape index (κ1) is 29.9. The Morgan fingerprint density at radius 1 is 0.976 bits per heavy atom. The van der Waals surface area contributed by atoms with Crippen molar-refractivity contribution in [3.63, 3.8) is 0 Å². The number of aromatic nitrogens is 1. The highest BCUT2D eigenvalue weighted by atomic mass is 32.1. The number of rotatable bonds is 10. The van der Waals surface area contributed by atoms with E-state index in [4.69, 9.17) is 28.7 Å². The van der Waals surface area contributed by atoms with Crippen LogP contribution in [0.4, 0.5) is 0 Å². The van der Waals surface area contributed by atoms with Gasteiger partial charge in [-0.25, -0.2) is 9.78 Å². The van der Waals surface area contributed by atoms with Gasteiger partial charge in [0.1, 0.15) is 5.01 Å².